The highest BCUT2D eigenvalue weighted by molar-refractivity contribution is 7.89. The van der Waals surface area contributed by atoms with Gasteiger partial charge in [-0.3, -0.25) is 0 Å². The highest BCUT2D eigenvalue weighted by Crippen LogP contribution is 2.21. The summed E-state index contributed by atoms with van der Waals surface area (Å²) in [6, 6.07) is 9.64. The van der Waals surface area contributed by atoms with Crippen molar-refractivity contribution in [3.8, 4) is 6.07 Å². The number of nitriles is 1. The van der Waals surface area contributed by atoms with Crippen molar-refractivity contribution in [1.82, 2.24) is 9.71 Å². The molecule has 1 aromatic heterocycles. The number of anilines is 1. The van der Waals surface area contributed by atoms with E-state index in [-0.39, 0.29) is 22.0 Å². The van der Waals surface area contributed by atoms with E-state index in [1.54, 1.807) is 12.3 Å². The van der Waals surface area contributed by atoms with Crippen LogP contribution < -0.4 is 9.62 Å². The molecule has 1 aromatic carbocycles. The van der Waals surface area contributed by atoms with Crippen LogP contribution in [0.5, 0.6) is 0 Å². The van der Waals surface area contributed by atoms with E-state index in [1.165, 1.54) is 18.2 Å². The van der Waals surface area contributed by atoms with Crippen molar-refractivity contribution in [2.24, 2.45) is 0 Å². The number of rotatable bonds is 5. The molecule has 25 heavy (non-hydrogen) atoms. The number of halogens is 1. The Labute approximate surface area is 152 Å². The predicted octanol–water partition coefficient (Wildman–Crippen LogP) is 2.69. The maximum absolute atomic E-state index is 12.4. The molecule has 0 saturated carbocycles. The second-order valence-corrected chi connectivity index (χ2v) is 7.97. The van der Waals surface area contributed by atoms with Crippen molar-refractivity contribution >= 4 is 27.4 Å². The summed E-state index contributed by atoms with van der Waals surface area (Å²) in [5.41, 5.74) is 1.07. The Bertz CT molecular complexity index is 918. The summed E-state index contributed by atoms with van der Waals surface area (Å²) in [5, 5.41) is 8.99. The standard InChI is InChI=1S/C17H17ClN4O2S/c18-16-10-15(4-3-14(16)11-19)25(23,24)21-12-13-5-6-20-17(9-13)22-7-1-2-8-22/h3-6,9-10,21H,1-2,7-8,12H2. The molecule has 130 valence electrons. The number of aromatic nitrogens is 1. The fourth-order valence-electron chi connectivity index (χ4n) is 2.71. The highest BCUT2D eigenvalue weighted by Gasteiger charge is 2.17. The molecule has 1 fully saturated rings. The zero-order valence-corrected chi connectivity index (χ0v) is 15.0. The molecule has 0 bridgehead atoms. The highest BCUT2D eigenvalue weighted by atomic mass is 35.5. The zero-order chi connectivity index (χ0) is 17.9. The quantitative estimate of drug-likeness (QED) is 0.866. The van der Waals surface area contributed by atoms with Crippen molar-refractivity contribution in [2.75, 3.05) is 18.0 Å². The van der Waals surface area contributed by atoms with Gasteiger partial charge in [-0.15, -0.1) is 0 Å². The van der Waals surface area contributed by atoms with Crippen LogP contribution in [0.3, 0.4) is 0 Å². The van der Waals surface area contributed by atoms with Crippen LogP contribution in [0.2, 0.25) is 5.02 Å². The summed E-state index contributed by atoms with van der Waals surface area (Å²) in [4.78, 5) is 6.58. The van der Waals surface area contributed by atoms with Crippen molar-refractivity contribution in [2.45, 2.75) is 24.3 Å². The number of nitrogens with zero attached hydrogens (tertiary/aromatic N) is 3. The molecule has 1 aliphatic heterocycles. The van der Waals surface area contributed by atoms with Crippen LogP contribution in [-0.2, 0) is 16.6 Å². The predicted molar refractivity (Wildman–Crippen MR) is 95.9 cm³/mol. The van der Waals surface area contributed by atoms with Gasteiger partial charge in [0, 0.05) is 25.8 Å². The molecule has 0 aliphatic carbocycles. The average molecular weight is 377 g/mol. The van der Waals surface area contributed by atoms with E-state index in [1.807, 2.05) is 12.1 Å². The third-order valence-corrected chi connectivity index (χ3v) is 5.79. The van der Waals surface area contributed by atoms with Crippen molar-refractivity contribution < 1.29 is 8.42 Å². The first kappa shape index (κ1) is 17.7. The maximum Gasteiger partial charge on any atom is 0.240 e. The van der Waals surface area contributed by atoms with Gasteiger partial charge in [0.05, 0.1) is 15.5 Å². The molecule has 2 aromatic rings. The molecule has 1 aliphatic rings. The van der Waals surface area contributed by atoms with Crippen LogP contribution >= 0.6 is 11.6 Å². The molecular weight excluding hydrogens is 360 g/mol. The number of sulfonamides is 1. The zero-order valence-electron chi connectivity index (χ0n) is 13.4. The molecule has 0 radical (unpaired) electrons. The van der Waals surface area contributed by atoms with Crippen LogP contribution in [0, 0.1) is 11.3 Å². The van der Waals surface area contributed by atoms with Gasteiger partial charge >= 0.3 is 0 Å². The summed E-state index contributed by atoms with van der Waals surface area (Å²) >= 11 is 5.92. The van der Waals surface area contributed by atoms with Crippen molar-refractivity contribution in [3.63, 3.8) is 0 Å². The van der Waals surface area contributed by atoms with Gasteiger partial charge in [-0.05, 0) is 48.7 Å². The molecule has 8 heteroatoms. The molecule has 0 amide bonds. The minimum atomic E-state index is -3.72. The Kier molecular flexibility index (Phi) is 5.23. The lowest BCUT2D eigenvalue weighted by molar-refractivity contribution is 0.581. The molecule has 0 spiro atoms. The van der Waals surface area contributed by atoms with Gasteiger partial charge in [0.1, 0.15) is 11.9 Å². The topological polar surface area (TPSA) is 86.1 Å². The van der Waals surface area contributed by atoms with E-state index >= 15 is 0 Å². The van der Waals surface area contributed by atoms with Gasteiger partial charge in [0.15, 0.2) is 0 Å². The lowest BCUT2D eigenvalue weighted by Gasteiger charge is -2.17. The van der Waals surface area contributed by atoms with E-state index < -0.39 is 10.0 Å². The van der Waals surface area contributed by atoms with Gasteiger partial charge in [-0.2, -0.15) is 5.26 Å². The number of benzene rings is 1. The molecular formula is C17H17ClN4O2S. The number of hydrogen-bond donors (Lipinski definition) is 1. The van der Waals surface area contributed by atoms with E-state index in [0.717, 1.165) is 37.3 Å². The Balaban J connectivity index is 1.73. The molecule has 1 N–H and O–H groups in total. The van der Waals surface area contributed by atoms with Crippen LogP contribution in [0.4, 0.5) is 5.82 Å². The van der Waals surface area contributed by atoms with E-state index in [2.05, 4.69) is 14.6 Å². The van der Waals surface area contributed by atoms with E-state index in [0.29, 0.717) is 0 Å². The Hall–Kier alpha value is -2.14. The normalized spacial score (nSPS) is 14.5. The summed E-state index contributed by atoms with van der Waals surface area (Å²) in [5.74, 6) is 0.871. The third kappa shape index (κ3) is 4.10. The summed E-state index contributed by atoms with van der Waals surface area (Å²) in [6.07, 6.45) is 3.99. The Morgan fingerprint density at radius 1 is 1.24 bits per heavy atom. The summed E-state index contributed by atoms with van der Waals surface area (Å²) < 4.78 is 27.4. The minimum absolute atomic E-state index is 0.0327. The maximum atomic E-state index is 12.4. The first-order valence-corrected chi connectivity index (χ1v) is 9.75. The number of pyridine rings is 1. The average Bonchev–Trinajstić information content (AvgIpc) is 3.15. The lowest BCUT2D eigenvalue weighted by Crippen LogP contribution is -2.24. The van der Waals surface area contributed by atoms with Gasteiger partial charge < -0.3 is 4.90 Å². The van der Waals surface area contributed by atoms with Crippen LogP contribution in [-0.4, -0.2) is 26.5 Å². The Morgan fingerprint density at radius 2 is 2.00 bits per heavy atom. The van der Waals surface area contributed by atoms with Crippen LogP contribution in [0.1, 0.15) is 24.0 Å². The monoisotopic (exact) mass is 376 g/mol. The summed E-state index contributed by atoms with van der Waals surface area (Å²) in [7, 11) is -3.72. The molecule has 1 saturated heterocycles. The molecule has 6 nitrogen and oxygen atoms in total. The van der Waals surface area contributed by atoms with E-state index in [4.69, 9.17) is 16.9 Å². The molecule has 0 unspecified atom stereocenters. The van der Waals surface area contributed by atoms with E-state index in [9.17, 15) is 8.42 Å². The fourth-order valence-corrected chi connectivity index (χ4v) is 4.04. The Morgan fingerprint density at radius 3 is 2.68 bits per heavy atom. The second-order valence-electron chi connectivity index (χ2n) is 5.79. The van der Waals surface area contributed by atoms with Crippen LogP contribution in [0.15, 0.2) is 41.4 Å². The fraction of sp³-hybridized carbons (Fsp3) is 0.294. The first-order chi connectivity index (χ1) is 12.0. The second kappa shape index (κ2) is 7.40. The largest absolute Gasteiger partial charge is 0.357 e. The minimum Gasteiger partial charge on any atom is -0.357 e. The SMILES string of the molecule is N#Cc1ccc(S(=O)(=O)NCc2ccnc(N3CCCC3)c2)cc1Cl. The first-order valence-electron chi connectivity index (χ1n) is 7.89. The number of hydrogen-bond acceptors (Lipinski definition) is 5. The van der Waals surface area contributed by atoms with Gasteiger partial charge in [0.2, 0.25) is 10.0 Å². The van der Waals surface area contributed by atoms with Crippen molar-refractivity contribution in [3.05, 3.63) is 52.7 Å². The van der Waals surface area contributed by atoms with Gasteiger partial charge in [-0.25, -0.2) is 18.1 Å². The lowest BCUT2D eigenvalue weighted by atomic mass is 10.2. The number of nitrogens with one attached hydrogen (secondary N) is 1. The molecule has 0 atom stereocenters. The third-order valence-electron chi connectivity index (χ3n) is 4.08. The van der Waals surface area contributed by atoms with Crippen molar-refractivity contribution in [1.29, 1.82) is 5.26 Å². The van der Waals surface area contributed by atoms with Crippen LogP contribution in [0.25, 0.3) is 0 Å². The van der Waals surface area contributed by atoms with Gasteiger partial charge in [0.25, 0.3) is 0 Å². The molecule has 2 heterocycles. The summed E-state index contributed by atoms with van der Waals surface area (Å²) in [6.45, 7) is 2.11. The molecule has 3 rings (SSSR count). The van der Waals surface area contributed by atoms with Gasteiger partial charge in [-0.1, -0.05) is 11.6 Å². The smallest absolute Gasteiger partial charge is 0.240 e.